The molecule has 1 heterocycles. The Morgan fingerprint density at radius 1 is 1.08 bits per heavy atom. The fourth-order valence-corrected chi connectivity index (χ4v) is 2.47. The van der Waals surface area contributed by atoms with Crippen molar-refractivity contribution in [1.29, 1.82) is 0 Å². The number of fused-ring (bicyclic) bond motifs is 1. The zero-order valence-electron chi connectivity index (χ0n) is 15.2. The van der Waals surface area contributed by atoms with Crippen molar-refractivity contribution in [3.8, 4) is 11.4 Å². The van der Waals surface area contributed by atoms with Gasteiger partial charge < -0.3 is 10.3 Å². The number of H-pyrrole nitrogens is 1. The summed E-state index contributed by atoms with van der Waals surface area (Å²) in [5, 5.41) is 3.02. The van der Waals surface area contributed by atoms with Crippen molar-refractivity contribution < 1.29 is 4.79 Å². The lowest BCUT2D eigenvalue weighted by Crippen LogP contribution is -2.27. The number of aryl methyl sites for hydroxylation is 2. The Morgan fingerprint density at radius 3 is 2.48 bits per heavy atom. The summed E-state index contributed by atoms with van der Waals surface area (Å²) in [5.41, 5.74) is 5.53. The first-order chi connectivity index (χ1) is 11.2. The molecule has 0 aliphatic heterocycles. The predicted octanol–water partition coefficient (Wildman–Crippen LogP) is 5.25. The summed E-state index contributed by atoms with van der Waals surface area (Å²) >= 11 is 0. The van der Waals surface area contributed by atoms with Crippen molar-refractivity contribution in [2.75, 3.05) is 5.32 Å². The van der Waals surface area contributed by atoms with Crippen molar-refractivity contribution in [2.24, 2.45) is 5.41 Å². The van der Waals surface area contributed by atoms with Crippen LogP contribution in [0, 0.1) is 19.3 Å². The van der Waals surface area contributed by atoms with Gasteiger partial charge in [0.1, 0.15) is 5.82 Å². The van der Waals surface area contributed by atoms with Gasteiger partial charge in [-0.1, -0.05) is 39.0 Å². The van der Waals surface area contributed by atoms with Crippen LogP contribution < -0.4 is 5.32 Å². The van der Waals surface area contributed by atoms with Gasteiger partial charge >= 0.3 is 0 Å². The molecule has 0 aliphatic carbocycles. The molecule has 0 fully saturated rings. The molecular formula is C20H24ClN3O. The molecule has 0 spiro atoms. The van der Waals surface area contributed by atoms with E-state index in [-0.39, 0.29) is 18.3 Å². The van der Waals surface area contributed by atoms with E-state index >= 15 is 0 Å². The van der Waals surface area contributed by atoms with E-state index in [4.69, 9.17) is 0 Å². The van der Waals surface area contributed by atoms with E-state index in [1.165, 1.54) is 5.56 Å². The zero-order chi connectivity index (χ0) is 17.5. The normalized spacial score (nSPS) is 11.2. The molecule has 2 N–H and O–H groups in total. The molecule has 0 saturated carbocycles. The Bertz CT molecular complexity index is 922. The number of nitrogens with zero attached hydrogens (tertiary/aromatic N) is 1. The van der Waals surface area contributed by atoms with Crippen molar-refractivity contribution in [2.45, 2.75) is 34.6 Å². The Labute approximate surface area is 154 Å². The topological polar surface area (TPSA) is 57.8 Å². The molecule has 3 aromatic rings. The predicted molar refractivity (Wildman–Crippen MR) is 106 cm³/mol. The first kappa shape index (κ1) is 19.0. The molecule has 0 bridgehead atoms. The summed E-state index contributed by atoms with van der Waals surface area (Å²) in [6.07, 6.45) is 0. The minimum absolute atomic E-state index is 0. The van der Waals surface area contributed by atoms with Crippen LogP contribution in [0.5, 0.6) is 0 Å². The number of hydrogen-bond acceptors (Lipinski definition) is 2. The smallest absolute Gasteiger partial charge is 0.229 e. The van der Waals surface area contributed by atoms with Gasteiger partial charge in [0.05, 0.1) is 11.0 Å². The van der Waals surface area contributed by atoms with Crippen LogP contribution >= 0.6 is 12.4 Å². The molecular weight excluding hydrogens is 334 g/mol. The van der Waals surface area contributed by atoms with Crippen LogP contribution in [0.3, 0.4) is 0 Å². The van der Waals surface area contributed by atoms with E-state index in [1.807, 2.05) is 52.0 Å². The molecule has 3 rings (SSSR count). The molecule has 0 aliphatic rings. The van der Waals surface area contributed by atoms with Crippen LogP contribution in [0.1, 0.15) is 31.9 Å². The first-order valence-corrected chi connectivity index (χ1v) is 8.13. The Kier molecular flexibility index (Phi) is 5.23. The highest BCUT2D eigenvalue weighted by atomic mass is 35.5. The zero-order valence-corrected chi connectivity index (χ0v) is 16.0. The summed E-state index contributed by atoms with van der Waals surface area (Å²) < 4.78 is 0. The Hall–Kier alpha value is -2.33. The number of hydrogen-bond donors (Lipinski definition) is 2. The number of aromatic nitrogens is 2. The van der Waals surface area contributed by atoms with Gasteiger partial charge in [-0.05, 0) is 43.2 Å². The molecule has 25 heavy (non-hydrogen) atoms. The second-order valence-corrected chi connectivity index (χ2v) is 7.34. The second-order valence-electron chi connectivity index (χ2n) is 7.34. The number of imidazole rings is 1. The molecule has 2 aromatic carbocycles. The van der Waals surface area contributed by atoms with Gasteiger partial charge in [-0.2, -0.15) is 0 Å². The SMILES string of the molecule is Cc1ccc2nc(-c3ccc(C)c(NC(=O)C(C)(C)C)c3)[nH]c2c1.Cl. The van der Waals surface area contributed by atoms with Crippen LogP contribution in [-0.4, -0.2) is 15.9 Å². The van der Waals surface area contributed by atoms with E-state index in [1.54, 1.807) is 0 Å². The molecule has 5 heteroatoms. The van der Waals surface area contributed by atoms with Gasteiger partial charge in [0.25, 0.3) is 0 Å². The average molecular weight is 358 g/mol. The number of benzene rings is 2. The molecule has 0 atom stereocenters. The minimum atomic E-state index is -0.431. The standard InChI is InChI=1S/C20H23N3O.ClH/c1-12-6-9-15-17(10-12)22-18(21-15)14-8-7-13(2)16(11-14)23-19(24)20(3,4)5;/h6-11H,1-5H3,(H,21,22)(H,23,24);1H. The number of carbonyl (C=O) groups excluding carboxylic acids is 1. The van der Waals surface area contributed by atoms with Crippen LogP contribution in [0.4, 0.5) is 5.69 Å². The van der Waals surface area contributed by atoms with Crippen LogP contribution in [0.15, 0.2) is 36.4 Å². The number of rotatable bonds is 2. The summed E-state index contributed by atoms with van der Waals surface area (Å²) in [6, 6.07) is 12.2. The lowest BCUT2D eigenvalue weighted by molar-refractivity contribution is -0.123. The van der Waals surface area contributed by atoms with Crippen molar-refractivity contribution in [3.63, 3.8) is 0 Å². The van der Waals surface area contributed by atoms with Crippen LogP contribution in [-0.2, 0) is 4.79 Å². The molecule has 1 aromatic heterocycles. The number of carbonyl (C=O) groups is 1. The lowest BCUT2D eigenvalue weighted by atomic mass is 9.95. The number of amides is 1. The van der Waals surface area contributed by atoms with Gasteiger partial charge in [0.2, 0.25) is 5.91 Å². The van der Waals surface area contributed by atoms with Gasteiger partial charge in [0, 0.05) is 16.7 Å². The van der Waals surface area contributed by atoms with Gasteiger partial charge in [-0.3, -0.25) is 4.79 Å². The van der Waals surface area contributed by atoms with Crippen molar-refractivity contribution in [1.82, 2.24) is 9.97 Å². The number of anilines is 1. The average Bonchev–Trinajstić information content (AvgIpc) is 2.91. The number of halogens is 1. The van der Waals surface area contributed by atoms with E-state index in [9.17, 15) is 4.79 Å². The quantitative estimate of drug-likeness (QED) is 0.657. The fraction of sp³-hybridized carbons (Fsp3) is 0.300. The third kappa shape index (κ3) is 4.02. The molecule has 0 unspecified atom stereocenters. The van der Waals surface area contributed by atoms with Crippen LogP contribution in [0.2, 0.25) is 0 Å². The van der Waals surface area contributed by atoms with Crippen molar-refractivity contribution in [3.05, 3.63) is 47.5 Å². The van der Waals surface area contributed by atoms with E-state index < -0.39 is 5.41 Å². The van der Waals surface area contributed by atoms with Gasteiger partial charge in [-0.15, -0.1) is 12.4 Å². The Balaban J connectivity index is 0.00000225. The number of nitrogens with one attached hydrogen (secondary N) is 2. The molecule has 0 radical (unpaired) electrons. The molecule has 1 amide bonds. The summed E-state index contributed by atoms with van der Waals surface area (Å²) in [6.45, 7) is 9.77. The highest BCUT2D eigenvalue weighted by Crippen LogP contribution is 2.27. The number of aromatic amines is 1. The Morgan fingerprint density at radius 2 is 1.80 bits per heavy atom. The van der Waals surface area contributed by atoms with Crippen LogP contribution in [0.25, 0.3) is 22.4 Å². The first-order valence-electron chi connectivity index (χ1n) is 8.13. The van der Waals surface area contributed by atoms with Crippen molar-refractivity contribution >= 4 is 35.0 Å². The summed E-state index contributed by atoms with van der Waals surface area (Å²) in [4.78, 5) is 20.3. The fourth-order valence-electron chi connectivity index (χ4n) is 2.47. The third-order valence-corrected chi connectivity index (χ3v) is 4.08. The summed E-state index contributed by atoms with van der Waals surface area (Å²) in [5.74, 6) is 0.810. The largest absolute Gasteiger partial charge is 0.338 e. The minimum Gasteiger partial charge on any atom is -0.338 e. The third-order valence-electron chi connectivity index (χ3n) is 4.08. The maximum Gasteiger partial charge on any atom is 0.229 e. The monoisotopic (exact) mass is 357 g/mol. The molecule has 132 valence electrons. The van der Waals surface area contributed by atoms with Gasteiger partial charge in [0.15, 0.2) is 0 Å². The van der Waals surface area contributed by atoms with E-state index in [2.05, 4.69) is 34.3 Å². The van der Waals surface area contributed by atoms with Gasteiger partial charge in [-0.25, -0.2) is 4.98 Å². The maximum absolute atomic E-state index is 12.3. The molecule has 4 nitrogen and oxygen atoms in total. The molecule has 0 saturated heterocycles. The van der Waals surface area contributed by atoms with E-state index in [0.717, 1.165) is 33.7 Å². The highest BCUT2D eigenvalue weighted by Gasteiger charge is 2.22. The lowest BCUT2D eigenvalue weighted by Gasteiger charge is -2.19. The second kappa shape index (κ2) is 6.89. The summed E-state index contributed by atoms with van der Waals surface area (Å²) in [7, 11) is 0. The van der Waals surface area contributed by atoms with E-state index in [0.29, 0.717) is 0 Å². The highest BCUT2D eigenvalue weighted by molar-refractivity contribution is 5.95. The maximum atomic E-state index is 12.3.